The molecule has 1 aromatic carbocycles. The van der Waals surface area contributed by atoms with Crippen molar-refractivity contribution in [2.45, 2.75) is 45.2 Å². The fraction of sp³-hybridized carbons (Fsp3) is 0.500. The Morgan fingerprint density at radius 2 is 2.10 bits per heavy atom. The zero-order chi connectivity index (χ0) is 14.5. The lowest BCUT2D eigenvalue weighted by Gasteiger charge is -2.39. The van der Waals surface area contributed by atoms with E-state index in [0.717, 1.165) is 18.5 Å². The van der Waals surface area contributed by atoms with Crippen molar-refractivity contribution in [3.8, 4) is 6.07 Å². The molecule has 1 heterocycles. The van der Waals surface area contributed by atoms with Crippen molar-refractivity contribution in [2.24, 2.45) is 0 Å². The quantitative estimate of drug-likeness (QED) is 0.919. The van der Waals surface area contributed by atoms with E-state index in [1.165, 1.54) is 6.42 Å². The summed E-state index contributed by atoms with van der Waals surface area (Å²) in [6.07, 6.45) is 3.36. The lowest BCUT2D eigenvalue weighted by Crippen LogP contribution is -2.49. The molecular formula is C16H21N3O. The van der Waals surface area contributed by atoms with Gasteiger partial charge >= 0.3 is 0 Å². The Hall–Kier alpha value is -2.02. The van der Waals surface area contributed by atoms with Gasteiger partial charge in [-0.15, -0.1) is 0 Å². The summed E-state index contributed by atoms with van der Waals surface area (Å²) in [6.45, 7) is 4.51. The van der Waals surface area contributed by atoms with Gasteiger partial charge in [-0.25, -0.2) is 0 Å². The Kier molecular flexibility index (Phi) is 4.62. The fourth-order valence-electron chi connectivity index (χ4n) is 2.88. The van der Waals surface area contributed by atoms with Crippen LogP contribution < -0.4 is 5.32 Å². The summed E-state index contributed by atoms with van der Waals surface area (Å²) in [4.78, 5) is 14.3. The molecule has 0 unspecified atom stereocenters. The number of nitrogens with one attached hydrogen (secondary N) is 1. The lowest BCUT2D eigenvalue weighted by molar-refractivity contribution is -0.135. The van der Waals surface area contributed by atoms with Crippen LogP contribution in [-0.2, 0) is 4.79 Å². The van der Waals surface area contributed by atoms with E-state index in [2.05, 4.69) is 25.2 Å². The predicted molar refractivity (Wildman–Crippen MR) is 79.3 cm³/mol. The van der Waals surface area contributed by atoms with Crippen molar-refractivity contribution in [3.63, 3.8) is 0 Å². The Morgan fingerprint density at radius 3 is 2.75 bits per heavy atom. The molecule has 0 spiro atoms. The van der Waals surface area contributed by atoms with Crippen LogP contribution in [-0.4, -0.2) is 29.4 Å². The number of carbonyl (C=O) groups is 1. The second kappa shape index (κ2) is 6.42. The van der Waals surface area contributed by atoms with Crippen LogP contribution in [0.5, 0.6) is 0 Å². The first-order valence-corrected chi connectivity index (χ1v) is 7.17. The van der Waals surface area contributed by atoms with Crippen LogP contribution in [0.25, 0.3) is 0 Å². The molecule has 2 rings (SSSR count). The average molecular weight is 271 g/mol. The summed E-state index contributed by atoms with van der Waals surface area (Å²) in [5, 5.41) is 12.0. The van der Waals surface area contributed by atoms with Gasteiger partial charge in [0.25, 0.3) is 0 Å². The summed E-state index contributed by atoms with van der Waals surface area (Å²) in [5.41, 5.74) is 1.41. The topological polar surface area (TPSA) is 56.1 Å². The zero-order valence-electron chi connectivity index (χ0n) is 12.1. The van der Waals surface area contributed by atoms with E-state index in [1.807, 2.05) is 17.0 Å². The molecule has 1 N–H and O–H groups in total. The first-order chi connectivity index (χ1) is 9.61. The third-order valence-electron chi connectivity index (χ3n) is 3.92. The summed E-state index contributed by atoms with van der Waals surface area (Å²) in [7, 11) is 0. The van der Waals surface area contributed by atoms with Crippen molar-refractivity contribution in [3.05, 3.63) is 29.8 Å². The van der Waals surface area contributed by atoms with Gasteiger partial charge < -0.3 is 10.2 Å². The molecule has 20 heavy (non-hydrogen) atoms. The highest BCUT2D eigenvalue weighted by Gasteiger charge is 2.28. The number of carbonyl (C=O) groups excluding carboxylic acids is 1. The molecule has 2 atom stereocenters. The van der Waals surface area contributed by atoms with Gasteiger partial charge in [0.1, 0.15) is 0 Å². The number of hydrogen-bond donors (Lipinski definition) is 1. The second-order valence-electron chi connectivity index (χ2n) is 5.48. The average Bonchev–Trinajstić information content (AvgIpc) is 2.45. The number of anilines is 1. The minimum Gasteiger partial charge on any atom is -0.376 e. The minimum absolute atomic E-state index is 0.132. The SMILES string of the molecule is C[C@@H]1CCC[C@H](C)N1C(=O)CNc1cccc(C#N)c1. The predicted octanol–water partition coefficient (Wildman–Crippen LogP) is 2.76. The third-order valence-corrected chi connectivity index (χ3v) is 3.92. The molecule has 4 nitrogen and oxygen atoms in total. The van der Waals surface area contributed by atoms with Crippen molar-refractivity contribution < 1.29 is 4.79 Å². The number of benzene rings is 1. The van der Waals surface area contributed by atoms with Gasteiger partial charge in [-0.2, -0.15) is 5.26 Å². The number of nitriles is 1. The van der Waals surface area contributed by atoms with Crippen molar-refractivity contribution in [1.82, 2.24) is 4.90 Å². The molecule has 1 amide bonds. The number of nitrogens with zero attached hydrogens (tertiary/aromatic N) is 2. The third kappa shape index (κ3) is 3.30. The van der Waals surface area contributed by atoms with Gasteiger partial charge in [-0.1, -0.05) is 6.07 Å². The van der Waals surface area contributed by atoms with E-state index in [4.69, 9.17) is 5.26 Å². The number of piperidine rings is 1. The largest absolute Gasteiger partial charge is 0.376 e. The smallest absolute Gasteiger partial charge is 0.242 e. The van der Waals surface area contributed by atoms with Gasteiger partial charge in [-0.05, 0) is 51.3 Å². The normalized spacial score (nSPS) is 22.1. The monoisotopic (exact) mass is 271 g/mol. The highest BCUT2D eigenvalue weighted by atomic mass is 16.2. The molecule has 1 saturated heterocycles. The number of hydrogen-bond acceptors (Lipinski definition) is 3. The maximum Gasteiger partial charge on any atom is 0.242 e. The second-order valence-corrected chi connectivity index (χ2v) is 5.48. The highest BCUT2D eigenvalue weighted by molar-refractivity contribution is 5.81. The minimum atomic E-state index is 0.132. The van der Waals surface area contributed by atoms with E-state index < -0.39 is 0 Å². The van der Waals surface area contributed by atoms with Crippen molar-refractivity contribution in [1.29, 1.82) is 5.26 Å². The molecule has 0 aromatic heterocycles. The summed E-state index contributed by atoms with van der Waals surface area (Å²) >= 11 is 0. The molecule has 0 aliphatic carbocycles. The van der Waals surface area contributed by atoms with Crippen LogP contribution in [0.1, 0.15) is 38.7 Å². The van der Waals surface area contributed by atoms with Gasteiger partial charge in [0.05, 0.1) is 18.2 Å². The van der Waals surface area contributed by atoms with E-state index in [-0.39, 0.29) is 12.5 Å². The Balaban J connectivity index is 1.96. The molecule has 1 aliphatic rings. The molecule has 4 heteroatoms. The number of rotatable bonds is 3. The molecule has 1 fully saturated rings. The van der Waals surface area contributed by atoms with E-state index >= 15 is 0 Å². The molecule has 0 radical (unpaired) electrons. The first-order valence-electron chi connectivity index (χ1n) is 7.17. The number of amides is 1. The van der Waals surface area contributed by atoms with Crippen LogP contribution in [0, 0.1) is 11.3 Å². The first kappa shape index (κ1) is 14.4. The standard InChI is InChI=1S/C16H21N3O/c1-12-5-3-6-13(2)19(12)16(20)11-18-15-8-4-7-14(9-15)10-17/h4,7-9,12-13,18H,3,5-6,11H2,1-2H3/t12-,13+. The van der Waals surface area contributed by atoms with Crippen molar-refractivity contribution in [2.75, 3.05) is 11.9 Å². The van der Waals surface area contributed by atoms with Crippen LogP contribution in [0.15, 0.2) is 24.3 Å². The highest BCUT2D eigenvalue weighted by Crippen LogP contribution is 2.22. The Morgan fingerprint density at radius 1 is 1.40 bits per heavy atom. The summed E-state index contributed by atoms with van der Waals surface area (Å²) in [5.74, 6) is 0.132. The van der Waals surface area contributed by atoms with Crippen LogP contribution in [0.4, 0.5) is 5.69 Å². The van der Waals surface area contributed by atoms with Crippen LogP contribution in [0.3, 0.4) is 0 Å². The van der Waals surface area contributed by atoms with Crippen LogP contribution >= 0.6 is 0 Å². The van der Waals surface area contributed by atoms with Gasteiger partial charge in [0, 0.05) is 17.8 Å². The van der Waals surface area contributed by atoms with Gasteiger partial charge in [0.2, 0.25) is 5.91 Å². The lowest BCUT2D eigenvalue weighted by atomic mass is 9.97. The molecular weight excluding hydrogens is 250 g/mol. The number of likely N-dealkylation sites (tertiary alicyclic amines) is 1. The summed E-state index contributed by atoms with van der Waals surface area (Å²) in [6, 6.07) is 9.93. The van der Waals surface area contributed by atoms with E-state index in [1.54, 1.807) is 12.1 Å². The molecule has 0 bridgehead atoms. The fourth-order valence-corrected chi connectivity index (χ4v) is 2.88. The van der Waals surface area contributed by atoms with Crippen LogP contribution in [0.2, 0.25) is 0 Å². The van der Waals surface area contributed by atoms with Gasteiger partial charge in [0.15, 0.2) is 0 Å². The zero-order valence-corrected chi connectivity index (χ0v) is 12.1. The molecule has 1 aromatic rings. The van der Waals surface area contributed by atoms with E-state index in [0.29, 0.717) is 17.6 Å². The molecule has 1 aliphatic heterocycles. The Labute approximate surface area is 120 Å². The van der Waals surface area contributed by atoms with Crippen molar-refractivity contribution >= 4 is 11.6 Å². The molecule has 0 saturated carbocycles. The Bertz CT molecular complexity index is 511. The van der Waals surface area contributed by atoms with Gasteiger partial charge in [-0.3, -0.25) is 4.79 Å². The maximum atomic E-state index is 12.3. The van der Waals surface area contributed by atoms with E-state index in [9.17, 15) is 4.79 Å². The summed E-state index contributed by atoms with van der Waals surface area (Å²) < 4.78 is 0. The molecule has 106 valence electrons. The maximum absolute atomic E-state index is 12.3.